The van der Waals surface area contributed by atoms with Crippen LogP contribution in [0.5, 0.6) is 5.75 Å². The number of aryl methyl sites for hydroxylation is 1. The van der Waals surface area contributed by atoms with Gasteiger partial charge >= 0.3 is 0 Å². The normalized spacial score (nSPS) is 17.4. The smallest absolute Gasteiger partial charge is 0.142 e. The number of nitrogens with one attached hydrogen (secondary N) is 1. The Morgan fingerprint density at radius 1 is 1.43 bits per heavy atom. The molecule has 5 heteroatoms. The Balaban J connectivity index is 1.89. The largest absolute Gasteiger partial charge is 0.492 e. The number of fused-ring (bicyclic) bond motifs is 1. The zero-order chi connectivity index (χ0) is 14.8. The third kappa shape index (κ3) is 3.38. The predicted octanol–water partition coefficient (Wildman–Crippen LogP) is 6.05. The van der Waals surface area contributed by atoms with Crippen molar-refractivity contribution in [2.45, 2.75) is 32.2 Å². The Bertz CT molecular complexity index is 643. The molecule has 2 nitrogen and oxygen atoms in total. The molecule has 1 aromatic heterocycles. The summed E-state index contributed by atoms with van der Waals surface area (Å²) in [6, 6.07) is 8.31. The van der Waals surface area contributed by atoms with Gasteiger partial charge in [0.25, 0.3) is 0 Å². The second-order valence-corrected chi connectivity index (χ2v) is 8.04. The van der Waals surface area contributed by atoms with Crippen LogP contribution in [0.1, 0.15) is 36.2 Å². The van der Waals surface area contributed by atoms with Gasteiger partial charge in [-0.2, -0.15) is 0 Å². The van der Waals surface area contributed by atoms with Gasteiger partial charge < -0.3 is 10.1 Å². The summed E-state index contributed by atoms with van der Waals surface area (Å²) in [5.41, 5.74) is 2.38. The van der Waals surface area contributed by atoms with Crippen molar-refractivity contribution in [2.75, 3.05) is 11.9 Å². The second kappa shape index (κ2) is 6.59. The van der Waals surface area contributed by atoms with Gasteiger partial charge in [0.05, 0.1) is 22.1 Å². The second-order valence-electron chi connectivity index (χ2n) is 5.09. The molecule has 0 fully saturated rings. The molecule has 0 aliphatic heterocycles. The van der Waals surface area contributed by atoms with E-state index in [1.54, 1.807) is 0 Å². The molecule has 0 radical (unpaired) electrons. The van der Waals surface area contributed by atoms with Gasteiger partial charge in [-0.1, -0.05) is 11.6 Å². The van der Waals surface area contributed by atoms with Crippen LogP contribution in [0.2, 0.25) is 5.02 Å². The first-order valence-electron chi connectivity index (χ1n) is 7.14. The summed E-state index contributed by atoms with van der Waals surface area (Å²) in [5.74, 6) is 0.864. The maximum atomic E-state index is 6.14. The predicted molar refractivity (Wildman–Crippen MR) is 93.9 cm³/mol. The first-order valence-corrected chi connectivity index (χ1v) is 9.13. The lowest BCUT2D eigenvalue weighted by Crippen LogP contribution is -2.16. The Labute approximate surface area is 142 Å². The van der Waals surface area contributed by atoms with Crippen LogP contribution in [-0.2, 0) is 6.42 Å². The minimum absolute atomic E-state index is 0.328. The Morgan fingerprint density at radius 3 is 3.10 bits per heavy atom. The monoisotopic (exact) mass is 385 g/mol. The van der Waals surface area contributed by atoms with Crippen molar-refractivity contribution >= 4 is 44.6 Å². The molecule has 1 aliphatic carbocycles. The molecule has 0 saturated carbocycles. The highest BCUT2D eigenvalue weighted by atomic mass is 79.9. The molecule has 2 aromatic rings. The highest BCUT2D eigenvalue weighted by Crippen LogP contribution is 2.41. The Morgan fingerprint density at radius 2 is 2.29 bits per heavy atom. The Hall–Kier alpha value is -0.710. The highest BCUT2D eigenvalue weighted by molar-refractivity contribution is 9.11. The van der Waals surface area contributed by atoms with E-state index in [0.29, 0.717) is 12.6 Å². The van der Waals surface area contributed by atoms with Crippen molar-refractivity contribution in [1.82, 2.24) is 0 Å². The van der Waals surface area contributed by atoms with Crippen molar-refractivity contribution in [3.63, 3.8) is 0 Å². The maximum Gasteiger partial charge on any atom is 0.142 e. The molecule has 0 amide bonds. The van der Waals surface area contributed by atoms with Gasteiger partial charge in [-0.3, -0.25) is 0 Å². The lowest BCUT2D eigenvalue weighted by molar-refractivity contribution is 0.341. The fraction of sp³-hybridized carbons (Fsp3) is 0.375. The van der Waals surface area contributed by atoms with E-state index >= 15 is 0 Å². The van der Waals surface area contributed by atoms with Gasteiger partial charge in [0.1, 0.15) is 5.75 Å². The standard InChI is InChI=1S/C16H17BrClNOS/c1-2-20-14-7-6-10(18)8-13(14)19-12-4-3-5-15-11(12)9-16(17)21-15/h6-9,12,19H,2-5H2,1H3. The van der Waals surface area contributed by atoms with E-state index in [1.165, 1.54) is 27.1 Å². The van der Waals surface area contributed by atoms with Gasteiger partial charge in [0, 0.05) is 9.90 Å². The van der Waals surface area contributed by atoms with Gasteiger partial charge in [0.2, 0.25) is 0 Å². The number of ether oxygens (including phenoxy) is 1. The molecule has 1 unspecified atom stereocenters. The van der Waals surface area contributed by atoms with Crippen molar-refractivity contribution in [1.29, 1.82) is 0 Å². The summed E-state index contributed by atoms with van der Waals surface area (Å²) >= 11 is 11.6. The van der Waals surface area contributed by atoms with E-state index in [-0.39, 0.29) is 0 Å². The zero-order valence-corrected chi connectivity index (χ0v) is 14.9. The minimum Gasteiger partial charge on any atom is -0.492 e. The summed E-state index contributed by atoms with van der Waals surface area (Å²) < 4.78 is 6.90. The highest BCUT2D eigenvalue weighted by Gasteiger charge is 2.23. The van der Waals surface area contributed by atoms with Crippen LogP contribution in [0.3, 0.4) is 0 Å². The van der Waals surface area contributed by atoms with Gasteiger partial charge in [0.15, 0.2) is 0 Å². The van der Waals surface area contributed by atoms with Crippen molar-refractivity contribution in [3.05, 3.63) is 43.5 Å². The average Bonchev–Trinajstić information content (AvgIpc) is 2.83. The summed E-state index contributed by atoms with van der Waals surface area (Å²) in [5, 5.41) is 4.35. The fourth-order valence-electron chi connectivity index (χ4n) is 2.76. The van der Waals surface area contributed by atoms with Crippen LogP contribution < -0.4 is 10.1 Å². The van der Waals surface area contributed by atoms with E-state index in [0.717, 1.165) is 22.9 Å². The molecule has 1 N–H and O–H groups in total. The summed E-state index contributed by atoms with van der Waals surface area (Å²) in [6.07, 6.45) is 3.52. The van der Waals surface area contributed by atoms with Crippen LogP contribution in [0.4, 0.5) is 5.69 Å². The van der Waals surface area contributed by atoms with Crippen LogP contribution >= 0.6 is 38.9 Å². The third-order valence-electron chi connectivity index (χ3n) is 3.65. The SMILES string of the molecule is CCOc1ccc(Cl)cc1NC1CCCc2sc(Br)cc21. The van der Waals surface area contributed by atoms with E-state index in [2.05, 4.69) is 27.3 Å². The van der Waals surface area contributed by atoms with Crippen molar-refractivity contribution in [3.8, 4) is 5.75 Å². The molecule has 0 saturated heterocycles. The van der Waals surface area contributed by atoms with E-state index in [1.807, 2.05) is 36.5 Å². The molecular formula is C16H17BrClNOS. The lowest BCUT2D eigenvalue weighted by atomic mass is 9.94. The lowest BCUT2D eigenvalue weighted by Gasteiger charge is -2.25. The van der Waals surface area contributed by atoms with Crippen LogP contribution in [0, 0.1) is 0 Å². The molecule has 1 aromatic carbocycles. The molecule has 0 spiro atoms. The number of rotatable bonds is 4. The zero-order valence-electron chi connectivity index (χ0n) is 11.8. The van der Waals surface area contributed by atoms with E-state index < -0.39 is 0 Å². The summed E-state index contributed by atoms with van der Waals surface area (Å²) in [4.78, 5) is 1.48. The number of benzene rings is 1. The molecule has 1 atom stereocenters. The van der Waals surface area contributed by atoms with Crippen molar-refractivity contribution in [2.24, 2.45) is 0 Å². The quantitative estimate of drug-likeness (QED) is 0.690. The number of hydrogen-bond donors (Lipinski definition) is 1. The number of halogens is 2. The van der Waals surface area contributed by atoms with Gasteiger partial charge in [-0.05, 0) is 71.9 Å². The van der Waals surface area contributed by atoms with E-state index in [4.69, 9.17) is 16.3 Å². The summed E-state index contributed by atoms with van der Waals surface area (Å²) in [7, 11) is 0. The van der Waals surface area contributed by atoms with Gasteiger partial charge in [-0.25, -0.2) is 0 Å². The first kappa shape index (κ1) is 15.2. The molecule has 1 aliphatic rings. The third-order valence-corrected chi connectivity index (χ3v) is 5.60. The Kier molecular flexibility index (Phi) is 4.77. The first-order chi connectivity index (χ1) is 10.2. The number of thiophene rings is 1. The molecular weight excluding hydrogens is 370 g/mol. The minimum atomic E-state index is 0.328. The van der Waals surface area contributed by atoms with Crippen LogP contribution in [-0.4, -0.2) is 6.61 Å². The number of anilines is 1. The maximum absolute atomic E-state index is 6.14. The van der Waals surface area contributed by atoms with Crippen LogP contribution in [0.25, 0.3) is 0 Å². The number of hydrogen-bond acceptors (Lipinski definition) is 3. The fourth-order valence-corrected chi connectivity index (χ4v) is 4.75. The molecule has 1 heterocycles. The molecule has 112 valence electrons. The topological polar surface area (TPSA) is 21.3 Å². The van der Waals surface area contributed by atoms with Crippen molar-refractivity contribution < 1.29 is 4.74 Å². The average molecular weight is 387 g/mol. The van der Waals surface area contributed by atoms with Crippen LogP contribution in [0.15, 0.2) is 28.1 Å². The molecule has 3 rings (SSSR count). The van der Waals surface area contributed by atoms with Gasteiger partial charge in [-0.15, -0.1) is 11.3 Å². The molecule has 0 bridgehead atoms. The molecule has 21 heavy (non-hydrogen) atoms. The van der Waals surface area contributed by atoms with E-state index in [9.17, 15) is 0 Å². The summed E-state index contributed by atoms with van der Waals surface area (Å²) in [6.45, 7) is 2.64.